The maximum absolute atomic E-state index is 13.4. The van der Waals surface area contributed by atoms with Gasteiger partial charge in [-0.15, -0.1) is 0 Å². The minimum atomic E-state index is -0.492. The fourth-order valence-electron chi connectivity index (χ4n) is 4.45. The molecule has 1 saturated carbocycles. The molecule has 0 saturated heterocycles. The van der Waals surface area contributed by atoms with Crippen LogP contribution in [0.5, 0.6) is 0 Å². The normalized spacial score (nSPS) is 17.1. The summed E-state index contributed by atoms with van der Waals surface area (Å²) in [5.74, 6) is -0.538. The number of aromatic nitrogens is 3. The number of nitrogens with zero attached hydrogens (tertiary/aromatic N) is 3. The summed E-state index contributed by atoms with van der Waals surface area (Å²) in [5, 5.41) is 20.6. The van der Waals surface area contributed by atoms with Crippen LogP contribution in [-0.4, -0.2) is 43.8 Å². The number of nitrogens with one attached hydrogen (secondary N) is 2. The fraction of sp³-hybridized carbons (Fsp3) is 0.214. The molecule has 194 valence electrons. The van der Waals surface area contributed by atoms with Crippen molar-refractivity contribution in [2.24, 2.45) is 0 Å². The molecule has 0 spiro atoms. The number of rotatable bonds is 6. The summed E-state index contributed by atoms with van der Waals surface area (Å²) in [6.07, 6.45) is 4.01. The molecular formula is C28H25Cl2N5O3. The monoisotopic (exact) mass is 549 g/mol. The molecule has 5 rings (SSSR count). The lowest BCUT2D eigenvalue weighted by atomic mass is 9.93. The number of pyridine rings is 1. The van der Waals surface area contributed by atoms with E-state index in [1.807, 2.05) is 36.4 Å². The smallest absolute Gasteiger partial charge is 0.272 e. The predicted octanol–water partition coefficient (Wildman–Crippen LogP) is 5.53. The van der Waals surface area contributed by atoms with Crippen LogP contribution in [-0.2, 0) is 0 Å². The second-order valence-corrected chi connectivity index (χ2v) is 9.94. The molecule has 2 aromatic carbocycles. The molecular weight excluding hydrogens is 525 g/mol. The van der Waals surface area contributed by atoms with E-state index in [4.69, 9.17) is 23.2 Å². The first-order valence-corrected chi connectivity index (χ1v) is 13.0. The Kier molecular flexibility index (Phi) is 7.74. The third-order valence-corrected chi connectivity index (χ3v) is 7.08. The lowest BCUT2D eigenvalue weighted by molar-refractivity contribution is 0.0862. The highest BCUT2D eigenvalue weighted by molar-refractivity contribution is 6.38. The van der Waals surface area contributed by atoms with Gasteiger partial charge in [-0.1, -0.05) is 47.5 Å². The van der Waals surface area contributed by atoms with Crippen molar-refractivity contribution in [2.75, 3.05) is 5.32 Å². The van der Waals surface area contributed by atoms with E-state index in [1.54, 1.807) is 24.4 Å². The Hall–Kier alpha value is -3.72. The third kappa shape index (κ3) is 5.72. The summed E-state index contributed by atoms with van der Waals surface area (Å²) in [5.41, 5.74) is 2.19. The summed E-state index contributed by atoms with van der Waals surface area (Å²) in [6, 6.07) is 19.2. The van der Waals surface area contributed by atoms with E-state index in [0.717, 1.165) is 0 Å². The molecule has 0 atom stereocenters. The van der Waals surface area contributed by atoms with Gasteiger partial charge in [0.25, 0.3) is 11.8 Å². The van der Waals surface area contributed by atoms with Gasteiger partial charge in [-0.3, -0.25) is 14.6 Å². The maximum Gasteiger partial charge on any atom is 0.272 e. The zero-order chi connectivity index (χ0) is 26.6. The molecule has 2 heterocycles. The van der Waals surface area contributed by atoms with E-state index >= 15 is 0 Å². The van der Waals surface area contributed by atoms with E-state index in [2.05, 4.69) is 20.7 Å². The molecule has 1 fully saturated rings. The molecule has 10 heteroatoms. The highest BCUT2D eigenvalue weighted by Gasteiger charge is 2.24. The molecule has 0 bridgehead atoms. The standard InChI is InChI=1S/C28H25Cl2N5O3/c29-22-15-23(30)21(14-20(22)24-8-4-5-13-31-24)27(37)33-26-16-25(34-35(26)18-6-2-1-3-7-18)28(38)32-17-9-11-19(36)12-10-17/h1-8,13-17,19,36H,9-12H2,(H,32,38)(H,33,37). The Bertz CT molecular complexity index is 1450. The van der Waals surface area contributed by atoms with Crippen LogP contribution in [0.1, 0.15) is 46.5 Å². The van der Waals surface area contributed by atoms with Crippen LogP contribution in [0, 0.1) is 0 Å². The van der Waals surface area contributed by atoms with Crippen LogP contribution in [0.2, 0.25) is 10.0 Å². The zero-order valence-corrected chi connectivity index (χ0v) is 21.8. The van der Waals surface area contributed by atoms with E-state index < -0.39 is 5.91 Å². The Morgan fingerprint density at radius 2 is 1.63 bits per heavy atom. The molecule has 0 aliphatic heterocycles. The Labute approximate surface area is 229 Å². The highest BCUT2D eigenvalue weighted by Crippen LogP contribution is 2.32. The van der Waals surface area contributed by atoms with Gasteiger partial charge in [-0.25, -0.2) is 4.68 Å². The van der Waals surface area contributed by atoms with Gasteiger partial charge in [0.15, 0.2) is 5.69 Å². The number of benzene rings is 2. The number of hydrogen-bond donors (Lipinski definition) is 3. The number of para-hydroxylation sites is 1. The summed E-state index contributed by atoms with van der Waals surface area (Å²) < 4.78 is 1.50. The molecule has 0 radical (unpaired) electrons. The van der Waals surface area contributed by atoms with Gasteiger partial charge in [-0.2, -0.15) is 5.10 Å². The van der Waals surface area contributed by atoms with Crippen LogP contribution in [0.3, 0.4) is 0 Å². The van der Waals surface area contributed by atoms with Crippen molar-refractivity contribution in [1.82, 2.24) is 20.1 Å². The number of carbonyl (C=O) groups is 2. The van der Waals surface area contributed by atoms with Crippen LogP contribution < -0.4 is 10.6 Å². The minimum absolute atomic E-state index is 0.0382. The second kappa shape index (κ2) is 11.3. The van der Waals surface area contributed by atoms with Gasteiger partial charge in [0.1, 0.15) is 5.82 Å². The van der Waals surface area contributed by atoms with E-state index in [-0.39, 0.29) is 34.3 Å². The minimum Gasteiger partial charge on any atom is -0.393 e. The number of anilines is 1. The average molecular weight is 550 g/mol. The zero-order valence-electron chi connectivity index (χ0n) is 20.3. The number of aliphatic hydroxyl groups is 1. The molecule has 8 nitrogen and oxygen atoms in total. The predicted molar refractivity (Wildman–Crippen MR) is 147 cm³/mol. The SMILES string of the molecule is O=C(NC1CCC(O)CC1)c1cc(NC(=O)c2cc(-c3ccccn3)c(Cl)cc2Cl)n(-c2ccccc2)n1. The largest absolute Gasteiger partial charge is 0.393 e. The topological polar surface area (TPSA) is 109 Å². The van der Waals surface area contributed by atoms with Gasteiger partial charge in [0.05, 0.1) is 33.1 Å². The van der Waals surface area contributed by atoms with Gasteiger partial charge in [-0.05, 0) is 62.1 Å². The number of carbonyl (C=O) groups excluding carboxylic acids is 2. The molecule has 1 aliphatic rings. The molecule has 2 aromatic heterocycles. The van der Waals surface area contributed by atoms with Crippen LogP contribution >= 0.6 is 23.2 Å². The first-order valence-electron chi connectivity index (χ1n) is 12.3. The summed E-state index contributed by atoms with van der Waals surface area (Å²) >= 11 is 12.8. The fourth-order valence-corrected chi connectivity index (χ4v) is 5.02. The molecule has 1 aliphatic carbocycles. The highest BCUT2D eigenvalue weighted by atomic mass is 35.5. The molecule has 4 aromatic rings. The van der Waals surface area contributed by atoms with Crippen molar-refractivity contribution in [3.8, 4) is 16.9 Å². The van der Waals surface area contributed by atoms with Crippen LogP contribution in [0.4, 0.5) is 5.82 Å². The molecule has 2 amide bonds. The Morgan fingerprint density at radius 3 is 2.34 bits per heavy atom. The van der Waals surface area contributed by atoms with E-state index in [9.17, 15) is 14.7 Å². The summed E-state index contributed by atoms with van der Waals surface area (Å²) in [7, 11) is 0. The van der Waals surface area contributed by atoms with Gasteiger partial charge in [0, 0.05) is 23.9 Å². The molecule has 38 heavy (non-hydrogen) atoms. The second-order valence-electron chi connectivity index (χ2n) is 9.12. The number of hydrogen-bond acceptors (Lipinski definition) is 5. The van der Waals surface area contributed by atoms with Crippen molar-refractivity contribution < 1.29 is 14.7 Å². The number of amides is 2. The van der Waals surface area contributed by atoms with Crippen molar-refractivity contribution >= 4 is 40.8 Å². The number of aliphatic hydroxyl groups excluding tert-OH is 1. The van der Waals surface area contributed by atoms with Crippen molar-refractivity contribution in [3.63, 3.8) is 0 Å². The van der Waals surface area contributed by atoms with Crippen molar-refractivity contribution in [2.45, 2.75) is 37.8 Å². The van der Waals surface area contributed by atoms with E-state index in [1.165, 1.54) is 16.8 Å². The summed E-state index contributed by atoms with van der Waals surface area (Å²) in [4.78, 5) is 30.8. The third-order valence-electron chi connectivity index (χ3n) is 6.46. The molecule has 0 unspecified atom stereocenters. The number of halogens is 2. The van der Waals surface area contributed by atoms with Gasteiger partial charge in [0.2, 0.25) is 0 Å². The quantitative estimate of drug-likeness (QED) is 0.293. The van der Waals surface area contributed by atoms with Gasteiger partial charge < -0.3 is 15.7 Å². The first-order chi connectivity index (χ1) is 18.4. The summed E-state index contributed by atoms with van der Waals surface area (Å²) in [6.45, 7) is 0. The van der Waals surface area contributed by atoms with E-state index in [0.29, 0.717) is 53.5 Å². The Morgan fingerprint density at radius 1 is 0.895 bits per heavy atom. The lowest BCUT2D eigenvalue weighted by Gasteiger charge is -2.25. The maximum atomic E-state index is 13.4. The van der Waals surface area contributed by atoms with Gasteiger partial charge >= 0.3 is 0 Å². The van der Waals surface area contributed by atoms with Crippen molar-refractivity contribution in [1.29, 1.82) is 0 Å². The van der Waals surface area contributed by atoms with Crippen LogP contribution in [0.15, 0.2) is 72.9 Å². The Balaban J connectivity index is 1.44. The molecule has 3 N–H and O–H groups in total. The average Bonchev–Trinajstić information content (AvgIpc) is 3.35. The van der Waals surface area contributed by atoms with Crippen molar-refractivity contribution in [3.05, 3.63) is 94.2 Å². The first kappa shape index (κ1) is 25.9. The lowest BCUT2D eigenvalue weighted by Crippen LogP contribution is -2.38. The van der Waals surface area contributed by atoms with Crippen LogP contribution in [0.25, 0.3) is 16.9 Å².